The van der Waals surface area contributed by atoms with Gasteiger partial charge in [0.2, 0.25) is 17.7 Å². The van der Waals surface area contributed by atoms with Crippen LogP contribution in [0.2, 0.25) is 0 Å². The molecule has 0 unspecified atom stereocenters. The molecule has 3 aromatic rings. The number of rotatable bonds is 6. The zero-order valence-electron chi connectivity index (χ0n) is 18.9. The average molecular weight is 449 g/mol. The summed E-state index contributed by atoms with van der Waals surface area (Å²) >= 11 is 0. The lowest BCUT2D eigenvalue weighted by molar-refractivity contribution is 0.0587. The number of carbonyl (C=O) groups is 1. The molecule has 1 fully saturated rings. The van der Waals surface area contributed by atoms with E-state index in [0.29, 0.717) is 11.8 Å². The molecule has 0 saturated carbocycles. The highest BCUT2D eigenvalue weighted by Gasteiger charge is 2.22. The number of fused-ring (bicyclic) bond motifs is 1. The first-order chi connectivity index (χ1) is 16.1. The van der Waals surface area contributed by atoms with Crippen molar-refractivity contribution in [2.45, 2.75) is 38.2 Å². The fraction of sp³-hybridized carbons (Fsp3) is 0.417. The van der Waals surface area contributed by atoms with Crippen molar-refractivity contribution < 1.29 is 14.3 Å². The Balaban J connectivity index is 1.45. The minimum Gasteiger partial charge on any atom is -0.474 e. The number of H-pyrrole nitrogens is 1. The van der Waals surface area contributed by atoms with Crippen molar-refractivity contribution in [2.24, 2.45) is 0 Å². The van der Waals surface area contributed by atoms with E-state index in [4.69, 9.17) is 9.47 Å². The molecule has 9 heteroatoms. The standard InChI is InChI=1S/C24H28N6O3/c1-30-12-9-17(10-13-30)33-20-14-16(8-11-25-20)19-7-6-15-4-3-5-18(15)21(19)26-24-27-22(28-29-24)23(31)32-2/h6-8,11,14,17H,3-5,9-10,12-13H2,1-2H3,(H2,26,27,28,29). The van der Waals surface area contributed by atoms with Crippen molar-refractivity contribution in [2.75, 3.05) is 32.6 Å². The third-order valence-electron chi connectivity index (χ3n) is 6.38. The Morgan fingerprint density at radius 1 is 1.21 bits per heavy atom. The summed E-state index contributed by atoms with van der Waals surface area (Å²) in [6.45, 7) is 2.07. The quantitative estimate of drug-likeness (QED) is 0.553. The van der Waals surface area contributed by atoms with E-state index < -0.39 is 5.97 Å². The molecule has 0 atom stereocenters. The number of benzene rings is 1. The summed E-state index contributed by atoms with van der Waals surface area (Å²) in [5.41, 5.74) is 5.56. The number of anilines is 2. The number of piperidine rings is 1. The van der Waals surface area contributed by atoms with Crippen LogP contribution in [0.25, 0.3) is 11.1 Å². The van der Waals surface area contributed by atoms with Crippen molar-refractivity contribution in [1.29, 1.82) is 0 Å². The Hall–Kier alpha value is -3.46. The van der Waals surface area contributed by atoms with E-state index in [9.17, 15) is 4.79 Å². The molecule has 2 aliphatic rings. The van der Waals surface area contributed by atoms with E-state index in [2.05, 4.69) is 49.6 Å². The van der Waals surface area contributed by atoms with Gasteiger partial charge in [-0.25, -0.2) is 9.78 Å². The maximum Gasteiger partial charge on any atom is 0.375 e. The highest BCUT2D eigenvalue weighted by molar-refractivity contribution is 5.86. The molecule has 1 saturated heterocycles. The van der Waals surface area contributed by atoms with Crippen molar-refractivity contribution in [3.8, 4) is 17.0 Å². The van der Waals surface area contributed by atoms with Gasteiger partial charge in [-0.1, -0.05) is 12.1 Å². The summed E-state index contributed by atoms with van der Waals surface area (Å²) in [6, 6.07) is 8.30. The summed E-state index contributed by atoms with van der Waals surface area (Å²) in [5, 5.41) is 10.1. The number of likely N-dealkylation sites (tertiary alicyclic amines) is 1. The van der Waals surface area contributed by atoms with Gasteiger partial charge >= 0.3 is 5.97 Å². The van der Waals surface area contributed by atoms with Gasteiger partial charge in [-0.2, -0.15) is 4.98 Å². The van der Waals surface area contributed by atoms with E-state index in [1.165, 1.54) is 18.2 Å². The number of carbonyl (C=O) groups excluding carboxylic acids is 1. The van der Waals surface area contributed by atoms with Crippen LogP contribution >= 0.6 is 0 Å². The molecule has 5 rings (SSSR count). The number of hydrogen-bond acceptors (Lipinski definition) is 8. The Morgan fingerprint density at radius 2 is 2.06 bits per heavy atom. The molecule has 0 bridgehead atoms. The molecule has 1 aliphatic carbocycles. The van der Waals surface area contributed by atoms with Crippen LogP contribution in [-0.4, -0.2) is 64.4 Å². The second-order valence-corrected chi connectivity index (χ2v) is 8.61. The number of pyridine rings is 1. The molecular formula is C24H28N6O3. The predicted molar refractivity (Wildman–Crippen MR) is 124 cm³/mol. The van der Waals surface area contributed by atoms with E-state index in [1.807, 2.05) is 12.1 Å². The number of hydrogen-bond donors (Lipinski definition) is 2. The smallest absolute Gasteiger partial charge is 0.375 e. The van der Waals surface area contributed by atoms with E-state index >= 15 is 0 Å². The summed E-state index contributed by atoms with van der Waals surface area (Å²) in [6.07, 6.45) is 7.11. The first-order valence-electron chi connectivity index (χ1n) is 11.3. The maximum absolute atomic E-state index is 11.8. The van der Waals surface area contributed by atoms with Crippen LogP contribution in [-0.2, 0) is 17.6 Å². The topological polar surface area (TPSA) is 105 Å². The SMILES string of the molecule is COC(=O)c1nc(Nc2c(-c3ccnc(OC4CCN(C)CC4)c3)ccc3c2CCC3)n[nH]1. The Kier molecular flexibility index (Phi) is 5.95. The lowest BCUT2D eigenvalue weighted by Gasteiger charge is -2.29. The van der Waals surface area contributed by atoms with E-state index in [1.54, 1.807) is 6.20 Å². The van der Waals surface area contributed by atoms with Crippen LogP contribution in [0.4, 0.5) is 11.6 Å². The van der Waals surface area contributed by atoms with Gasteiger partial charge in [-0.15, -0.1) is 5.10 Å². The molecular weight excluding hydrogens is 420 g/mol. The van der Waals surface area contributed by atoms with Gasteiger partial charge in [0.1, 0.15) is 6.10 Å². The third kappa shape index (κ3) is 4.54. The number of aryl methyl sites for hydroxylation is 1. The molecule has 0 radical (unpaired) electrons. The van der Waals surface area contributed by atoms with Crippen molar-refractivity contribution in [3.63, 3.8) is 0 Å². The van der Waals surface area contributed by atoms with Gasteiger partial charge in [0, 0.05) is 30.9 Å². The summed E-state index contributed by atoms with van der Waals surface area (Å²) < 4.78 is 10.9. The van der Waals surface area contributed by atoms with Crippen molar-refractivity contribution in [1.82, 2.24) is 25.1 Å². The molecule has 1 aromatic carbocycles. The van der Waals surface area contributed by atoms with Crippen LogP contribution in [0.3, 0.4) is 0 Å². The Bertz CT molecular complexity index is 1150. The van der Waals surface area contributed by atoms with Gasteiger partial charge in [0.15, 0.2) is 0 Å². The number of methoxy groups -OCH3 is 1. The number of esters is 1. The molecule has 2 N–H and O–H groups in total. The molecule has 9 nitrogen and oxygen atoms in total. The van der Waals surface area contributed by atoms with Gasteiger partial charge in [0.25, 0.3) is 0 Å². The van der Waals surface area contributed by atoms with E-state index in [-0.39, 0.29) is 11.9 Å². The highest BCUT2D eigenvalue weighted by atomic mass is 16.5. The molecule has 1 aliphatic heterocycles. The Labute approximate surface area is 192 Å². The van der Waals surface area contributed by atoms with Gasteiger partial charge < -0.3 is 19.7 Å². The van der Waals surface area contributed by atoms with Gasteiger partial charge in [-0.3, -0.25) is 5.10 Å². The monoisotopic (exact) mass is 448 g/mol. The Morgan fingerprint density at radius 3 is 2.88 bits per heavy atom. The number of ether oxygens (including phenoxy) is 2. The van der Waals surface area contributed by atoms with Gasteiger partial charge in [0.05, 0.1) is 12.8 Å². The van der Waals surface area contributed by atoms with Crippen molar-refractivity contribution >= 4 is 17.6 Å². The second kappa shape index (κ2) is 9.19. The zero-order valence-corrected chi connectivity index (χ0v) is 18.9. The summed E-state index contributed by atoms with van der Waals surface area (Å²) in [5.74, 6) is 0.471. The van der Waals surface area contributed by atoms with Crippen LogP contribution in [0.1, 0.15) is 41.0 Å². The lowest BCUT2D eigenvalue weighted by atomic mass is 9.98. The van der Waals surface area contributed by atoms with Crippen molar-refractivity contribution in [3.05, 3.63) is 47.4 Å². The normalized spacial score (nSPS) is 16.4. The first kappa shape index (κ1) is 21.4. The fourth-order valence-electron chi connectivity index (χ4n) is 4.58. The molecule has 0 spiro atoms. The number of nitrogens with zero attached hydrogens (tertiary/aromatic N) is 4. The zero-order chi connectivity index (χ0) is 22.8. The minimum atomic E-state index is -0.557. The second-order valence-electron chi connectivity index (χ2n) is 8.61. The van der Waals surface area contributed by atoms with Crippen LogP contribution < -0.4 is 10.1 Å². The molecule has 3 heterocycles. The first-order valence-corrected chi connectivity index (χ1v) is 11.3. The summed E-state index contributed by atoms with van der Waals surface area (Å²) in [7, 11) is 3.45. The largest absolute Gasteiger partial charge is 0.474 e. The minimum absolute atomic E-state index is 0.0619. The number of aromatic amines is 1. The number of nitrogens with one attached hydrogen (secondary N) is 2. The van der Waals surface area contributed by atoms with Crippen LogP contribution in [0.15, 0.2) is 30.5 Å². The van der Waals surface area contributed by atoms with E-state index in [0.717, 1.165) is 62.0 Å². The highest BCUT2D eigenvalue weighted by Crippen LogP contribution is 2.39. The summed E-state index contributed by atoms with van der Waals surface area (Å²) in [4.78, 5) is 22.8. The molecule has 33 heavy (non-hydrogen) atoms. The number of aromatic nitrogens is 4. The maximum atomic E-state index is 11.8. The predicted octanol–water partition coefficient (Wildman–Crippen LogP) is 3.36. The fourth-order valence-corrected chi connectivity index (χ4v) is 4.58. The molecule has 0 amide bonds. The molecule has 172 valence electrons. The molecule has 2 aromatic heterocycles. The third-order valence-corrected chi connectivity index (χ3v) is 6.38. The van der Waals surface area contributed by atoms with Gasteiger partial charge in [-0.05, 0) is 61.9 Å². The lowest BCUT2D eigenvalue weighted by Crippen LogP contribution is -2.35. The van der Waals surface area contributed by atoms with Crippen LogP contribution in [0.5, 0.6) is 5.88 Å². The van der Waals surface area contributed by atoms with Crippen LogP contribution in [0, 0.1) is 0 Å². The average Bonchev–Trinajstić information content (AvgIpc) is 3.50.